The maximum Gasteiger partial charge on any atom is 0.407 e. The molecule has 1 saturated carbocycles. The summed E-state index contributed by atoms with van der Waals surface area (Å²) in [7, 11) is 0. The molecule has 0 bridgehead atoms. The van der Waals surface area contributed by atoms with Crippen molar-refractivity contribution >= 4 is 12.0 Å². The predicted molar refractivity (Wildman–Crippen MR) is 93.6 cm³/mol. The van der Waals surface area contributed by atoms with Crippen molar-refractivity contribution in [2.24, 2.45) is 11.8 Å². The summed E-state index contributed by atoms with van der Waals surface area (Å²) in [5.41, 5.74) is -0.526. The van der Waals surface area contributed by atoms with Crippen LogP contribution >= 0.6 is 0 Å². The van der Waals surface area contributed by atoms with Crippen LogP contribution in [0.3, 0.4) is 0 Å². The molecule has 140 valence electrons. The van der Waals surface area contributed by atoms with E-state index in [2.05, 4.69) is 10.6 Å². The van der Waals surface area contributed by atoms with Crippen LogP contribution in [0.1, 0.15) is 66.7 Å². The average molecular weight is 342 g/mol. The van der Waals surface area contributed by atoms with E-state index >= 15 is 0 Å². The molecule has 1 aliphatic rings. The monoisotopic (exact) mass is 342 g/mol. The zero-order valence-electron chi connectivity index (χ0n) is 15.7. The molecule has 0 spiro atoms. The van der Waals surface area contributed by atoms with Crippen LogP contribution in [0.2, 0.25) is 0 Å². The van der Waals surface area contributed by atoms with Crippen molar-refractivity contribution < 1.29 is 19.4 Å². The quantitative estimate of drug-likeness (QED) is 0.692. The minimum atomic E-state index is -0.526. The number of aliphatic hydroxyl groups is 1. The van der Waals surface area contributed by atoms with Gasteiger partial charge in [-0.05, 0) is 52.4 Å². The van der Waals surface area contributed by atoms with Gasteiger partial charge in [0.15, 0.2) is 0 Å². The highest BCUT2D eigenvalue weighted by molar-refractivity contribution is 5.76. The number of carbonyl (C=O) groups is 2. The van der Waals surface area contributed by atoms with Crippen molar-refractivity contribution in [1.82, 2.24) is 10.6 Å². The highest BCUT2D eigenvalue weighted by atomic mass is 16.6. The fourth-order valence-corrected chi connectivity index (χ4v) is 2.95. The summed E-state index contributed by atoms with van der Waals surface area (Å²) in [6.07, 6.45) is 3.91. The molecule has 24 heavy (non-hydrogen) atoms. The first-order chi connectivity index (χ1) is 11.1. The van der Waals surface area contributed by atoms with Gasteiger partial charge in [-0.3, -0.25) is 4.79 Å². The lowest BCUT2D eigenvalue weighted by Gasteiger charge is -2.33. The average Bonchev–Trinajstić information content (AvgIpc) is 2.46. The Labute approximate surface area is 145 Å². The predicted octanol–water partition coefficient (Wildman–Crippen LogP) is 2.59. The van der Waals surface area contributed by atoms with Gasteiger partial charge in [0.2, 0.25) is 5.91 Å². The molecule has 2 amide bonds. The molecule has 6 nitrogen and oxygen atoms in total. The number of hydrogen-bond acceptors (Lipinski definition) is 4. The van der Waals surface area contributed by atoms with Crippen molar-refractivity contribution in [3.05, 3.63) is 0 Å². The zero-order valence-corrected chi connectivity index (χ0v) is 15.7. The molecule has 1 aliphatic carbocycles. The third-order valence-corrected chi connectivity index (χ3v) is 4.59. The molecule has 1 fully saturated rings. The minimum Gasteiger partial charge on any atom is -0.444 e. The summed E-state index contributed by atoms with van der Waals surface area (Å²) < 4.78 is 5.33. The van der Waals surface area contributed by atoms with E-state index in [0.717, 1.165) is 25.7 Å². The van der Waals surface area contributed by atoms with Crippen LogP contribution in [0.25, 0.3) is 0 Å². The summed E-state index contributed by atoms with van der Waals surface area (Å²) in [4.78, 5) is 24.3. The topological polar surface area (TPSA) is 87.7 Å². The van der Waals surface area contributed by atoms with Crippen molar-refractivity contribution in [2.75, 3.05) is 6.61 Å². The first kappa shape index (κ1) is 20.7. The standard InChI is InChI=1S/C18H34N2O4/c1-12(11-21)13(2)19-16(22)10-14-8-6-7-9-15(14)20-17(23)24-18(3,4)5/h12-15,21H,6-11H2,1-5H3,(H,19,22)(H,20,23)/t12-,13+,14-,15+/m1/s1. The Morgan fingerprint density at radius 2 is 1.83 bits per heavy atom. The molecule has 0 aromatic heterocycles. The van der Waals surface area contributed by atoms with Gasteiger partial charge in [-0.25, -0.2) is 4.79 Å². The van der Waals surface area contributed by atoms with Crippen LogP contribution in [0.5, 0.6) is 0 Å². The second kappa shape index (κ2) is 9.25. The van der Waals surface area contributed by atoms with E-state index in [4.69, 9.17) is 9.84 Å². The maximum atomic E-state index is 12.3. The van der Waals surface area contributed by atoms with Gasteiger partial charge in [-0.15, -0.1) is 0 Å². The molecule has 3 N–H and O–H groups in total. The first-order valence-electron chi connectivity index (χ1n) is 9.02. The molecule has 0 aromatic rings. The molecular weight excluding hydrogens is 308 g/mol. The van der Waals surface area contributed by atoms with Crippen LogP contribution in [-0.2, 0) is 9.53 Å². The number of alkyl carbamates (subject to hydrolysis) is 1. The van der Waals surface area contributed by atoms with Crippen molar-refractivity contribution in [3.63, 3.8) is 0 Å². The van der Waals surface area contributed by atoms with Crippen LogP contribution < -0.4 is 10.6 Å². The Morgan fingerprint density at radius 1 is 1.21 bits per heavy atom. The van der Waals surface area contributed by atoms with Gasteiger partial charge in [0.25, 0.3) is 0 Å². The number of carbonyl (C=O) groups excluding carboxylic acids is 2. The summed E-state index contributed by atoms with van der Waals surface area (Å²) in [6.45, 7) is 9.36. The van der Waals surface area contributed by atoms with E-state index < -0.39 is 11.7 Å². The molecule has 6 heteroatoms. The summed E-state index contributed by atoms with van der Waals surface area (Å²) in [5.74, 6) is 0.129. The number of hydrogen-bond donors (Lipinski definition) is 3. The Kier molecular flexibility index (Phi) is 8.00. The minimum absolute atomic E-state index is 0.0225. The van der Waals surface area contributed by atoms with Gasteiger partial charge in [-0.1, -0.05) is 19.8 Å². The van der Waals surface area contributed by atoms with Gasteiger partial charge in [0.1, 0.15) is 5.60 Å². The number of ether oxygens (including phenoxy) is 1. The third kappa shape index (κ3) is 7.51. The molecule has 0 unspecified atom stereocenters. The molecule has 0 aromatic carbocycles. The van der Waals surface area contributed by atoms with Crippen LogP contribution in [-0.4, -0.2) is 41.4 Å². The number of rotatable bonds is 6. The second-order valence-electron chi connectivity index (χ2n) is 8.02. The summed E-state index contributed by atoms with van der Waals surface area (Å²) in [6, 6.07) is -0.0896. The Balaban J connectivity index is 2.54. The molecular formula is C18H34N2O4. The summed E-state index contributed by atoms with van der Waals surface area (Å²) >= 11 is 0. The van der Waals surface area contributed by atoms with E-state index in [1.165, 1.54) is 0 Å². The van der Waals surface area contributed by atoms with Gasteiger partial charge >= 0.3 is 6.09 Å². The molecule has 1 rings (SSSR count). The van der Waals surface area contributed by atoms with Crippen molar-refractivity contribution in [2.45, 2.75) is 84.4 Å². The van der Waals surface area contributed by atoms with E-state index in [1.807, 2.05) is 34.6 Å². The molecule has 0 aliphatic heterocycles. The number of nitrogens with one attached hydrogen (secondary N) is 2. The van der Waals surface area contributed by atoms with Crippen LogP contribution in [0.4, 0.5) is 4.79 Å². The Hall–Kier alpha value is -1.30. The third-order valence-electron chi connectivity index (χ3n) is 4.59. The zero-order chi connectivity index (χ0) is 18.3. The Bertz CT molecular complexity index is 420. The lowest BCUT2D eigenvalue weighted by Crippen LogP contribution is -2.46. The van der Waals surface area contributed by atoms with Gasteiger partial charge < -0.3 is 20.5 Å². The van der Waals surface area contributed by atoms with E-state index in [-0.39, 0.29) is 36.4 Å². The molecule has 0 radical (unpaired) electrons. The number of amides is 2. The van der Waals surface area contributed by atoms with E-state index in [0.29, 0.717) is 6.42 Å². The fourth-order valence-electron chi connectivity index (χ4n) is 2.95. The number of aliphatic hydroxyl groups excluding tert-OH is 1. The highest BCUT2D eigenvalue weighted by Gasteiger charge is 2.30. The second-order valence-corrected chi connectivity index (χ2v) is 8.02. The largest absolute Gasteiger partial charge is 0.444 e. The maximum absolute atomic E-state index is 12.3. The lowest BCUT2D eigenvalue weighted by atomic mass is 9.82. The summed E-state index contributed by atoms with van der Waals surface area (Å²) in [5, 5.41) is 15.0. The van der Waals surface area contributed by atoms with Gasteiger partial charge in [-0.2, -0.15) is 0 Å². The first-order valence-corrected chi connectivity index (χ1v) is 9.02. The smallest absolute Gasteiger partial charge is 0.407 e. The molecule has 0 heterocycles. The van der Waals surface area contributed by atoms with Gasteiger partial charge in [0.05, 0.1) is 0 Å². The van der Waals surface area contributed by atoms with Crippen molar-refractivity contribution in [3.8, 4) is 0 Å². The Morgan fingerprint density at radius 3 is 2.42 bits per heavy atom. The lowest BCUT2D eigenvalue weighted by molar-refractivity contribution is -0.123. The molecule has 0 saturated heterocycles. The SMILES string of the molecule is C[C@H](CO)[C@H](C)NC(=O)C[C@H]1CCCC[C@@H]1NC(=O)OC(C)(C)C. The van der Waals surface area contributed by atoms with Crippen LogP contribution in [0.15, 0.2) is 0 Å². The van der Waals surface area contributed by atoms with Crippen LogP contribution in [0, 0.1) is 11.8 Å². The van der Waals surface area contributed by atoms with Crippen molar-refractivity contribution in [1.29, 1.82) is 0 Å². The van der Waals surface area contributed by atoms with E-state index in [9.17, 15) is 9.59 Å². The fraction of sp³-hybridized carbons (Fsp3) is 0.889. The van der Waals surface area contributed by atoms with Gasteiger partial charge in [0, 0.05) is 25.1 Å². The highest BCUT2D eigenvalue weighted by Crippen LogP contribution is 2.27. The molecule has 4 atom stereocenters. The normalized spacial score (nSPS) is 23.9. The van der Waals surface area contributed by atoms with E-state index in [1.54, 1.807) is 0 Å².